The van der Waals surface area contributed by atoms with Gasteiger partial charge in [0.2, 0.25) is 0 Å². The van der Waals surface area contributed by atoms with Gasteiger partial charge in [-0.3, -0.25) is 4.99 Å². The van der Waals surface area contributed by atoms with Crippen molar-refractivity contribution in [1.29, 1.82) is 0 Å². The van der Waals surface area contributed by atoms with Gasteiger partial charge < -0.3 is 4.90 Å². The highest BCUT2D eigenvalue weighted by molar-refractivity contribution is 6.33. The van der Waals surface area contributed by atoms with Crippen LogP contribution in [0.25, 0.3) is 0 Å². The molecule has 13 heavy (non-hydrogen) atoms. The van der Waals surface area contributed by atoms with Gasteiger partial charge in [0.25, 0.3) is 0 Å². The molecule has 72 valence electrons. The van der Waals surface area contributed by atoms with Crippen molar-refractivity contribution in [1.82, 2.24) is 4.90 Å². The van der Waals surface area contributed by atoms with Crippen molar-refractivity contribution in [3.63, 3.8) is 0 Å². The zero-order chi connectivity index (χ0) is 9.84. The van der Waals surface area contributed by atoms with E-state index in [4.69, 9.17) is 11.6 Å². The van der Waals surface area contributed by atoms with Gasteiger partial charge in [0, 0.05) is 11.2 Å². The van der Waals surface area contributed by atoms with Gasteiger partial charge in [-0.2, -0.15) is 0 Å². The first-order valence-electron chi connectivity index (χ1n) is 4.65. The Balaban J connectivity index is 0.000000396. The third-order valence-corrected chi connectivity index (χ3v) is 2.15. The molecule has 2 aliphatic heterocycles. The molecule has 0 fully saturated rings. The predicted octanol–water partition coefficient (Wildman–Crippen LogP) is 2.77. The van der Waals surface area contributed by atoms with Gasteiger partial charge >= 0.3 is 0 Å². The Hall–Kier alpha value is -0.760. The molecule has 0 aromatic carbocycles. The fourth-order valence-electron chi connectivity index (χ4n) is 1.29. The van der Waals surface area contributed by atoms with Crippen molar-refractivity contribution >= 4 is 17.4 Å². The summed E-state index contributed by atoms with van der Waals surface area (Å²) in [5.74, 6) is 0.991. The smallest absolute Gasteiger partial charge is 0.129 e. The Morgan fingerprint density at radius 3 is 2.92 bits per heavy atom. The van der Waals surface area contributed by atoms with Crippen molar-refractivity contribution in [3.8, 4) is 0 Å². The molecule has 2 nitrogen and oxygen atoms in total. The van der Waals surface area contributed by atoms with Gasteiger partial charge in [0.1, 0.15) is 5.84 Å². The molecule has 0 aliphatic carbocycles. The van der Waals surface area contributed by atoms with E-state index in [1.54, 1.807) is 0 Å². The van der Waals surface area contributed by atoms with Crippen LogP contribution in [-0.4, -0.2) is 23.3 Å². The summed E-state index contributed by atoms with van der Waals surface area (Å²) in [6, 6.07) is 0.488. The zero-order valence-corrected chi connectivity index (χ0v) is 9.04. The number of allylic oxidation sites excluding steroid dienone is 2. The second kappa shape index (κ2) is 4.47. The van der Waals surface area contributed by atoms with Gasteiger partial charge in [0.15, 0.2) is 0 Å². The number of hydrogen-bond donors (Lipinski definition) is 0. The molecular weight excluding hydrogens is 184 g/mol. The molecule has 0 saturated heterocycles. The molecule has 0 bridgehead atoms. The standard InChI is InChI=1S/C8H9ClN2.C2H6/c1-6-5-10-8-4-7(9)2-3-11(6)8;1-2/h2-4,6H,5H2,1H3;1-2H3. The van der Waals surface area contributed by atoms with E-state index in [0.29, 0.717) is 6.04 Å². The molecule has 2 heterocycles. The highest BCUT2D eigenvalue weighted by Gasteiger charge is 2.22. The Morgan fingerprint density at radius 1 is 1.54 bits per heavy atom. The second-order valence-electron chi connectivity index (χ2n) is 2.80. The molecule has 2 rings (SSSR count). The quantitative estimate of drug-likeness (QED) is 0.585. The molecule has 2 aliphatic rings. The first-order chi connectivity index (χ1) is 6.27. The normalized spacial score (nSPS) is 24.3. The van der Waals surface area contributed by atoms with E-state index >= 15 is 0 Å². The van der Waals surface area contributed by atoms with Crippen LogP contribution < -0.4 is 0 Å². The lowest BCUT2D eigenvalue weighted by atomic mass is 10.3. The summed E-state index contributed by atoms with van der Waals surface area (Å²) in [6.45, 7) is 7.02. The molecule has 0 N–H and O–H groups in total. The maximum Gasteiger partial charge on any atom is 0.129 e. The average Bonchev–Trinajstić information content (AvgIpc) is 2.51. The van der Waals surface area contributed by atoms with Gasteiger partial charge in [-0.25, -0.2) is 0 Å². The van der Waals surface area contributed by atoms with Crippen molar-refractivity contribution < 1.29 is 0 Å². The molecule has 0 amide bonds. The largest absolute Gasteiger partial charge is 0.329 e. The van der Waals surface area contributed by atoms with Crippen LogP contribution >= 0.6 is 11.6 Å². The van der Waals surface area contributed by atoms with Gasteiger partial charge in [-0.1, -0.05) is 25.4 Å². The third-order valence-electron chi connectivity index (χ3n) is 1.92. The fraction of sp³-hybridized carbons (Fsp3) is 0.500. The fourth-order valence-corrected chi connectivity index (χ4v) is 1.44. The number of aliphatic imine (C=N–C) groups is 1. The maximum absolute atomic E-state index is 5.80. The minimum absolute atomic E-state index is 0.488. The van der Waals surface area contributed by atoms with Crippen molar-refractivity contribution in [2.45, 2.75) is 26.8 Å². The summed E-state index contributed by atoms with van der Waals surface area (Å²) < 4.78 is 0. The minimum Gasteiger partial charge on any atom is -0.329 e. The Kier molecular flexibility index (Phi) is 3.55. The van der Waals surface area contributed by atoms with Gasteiger partial charge in [0.05, 0.1) is 12.6 Å². The molecule has 0 spiro atoms. The molecule has 1 unspecified atom stereocenters. The van der Waals surface area contributed by atoms with Gasteiger partial charge in [-0.15, -0.1) is 0 Å². The molecule has 0 radical (unpaired) electrons. The summed E-state index contributed by atoms with van der Waals surface area (Å²) in [7, 11) is 0. The number of nitrogens with zero attached hydrogens (tertiary/aromatic N) is 2. The summed E-state index contributed by atoms with van der Waals surface area (Å²) in [4.78, 5) is 6.45. The number of halogens is 1. The summed E-state index contributed by atoms with van der Waals surface area (Å²) in [5, 5.41) is 0.758. The van der Waals surface area contributed by atoms with Gasteiger partial charge in [-0.05, 0) is 19.1 Å². The molecule has 1 atom stereocenters. The number of hydrogen-bond acceptors (Lipinski definition) is 2. The van der Waals surface area contributed by atoms with Crippen LogP contribution in [0.2, 0.25) is 0 Å². The van der Waals surface area contributed by atoms with E-state index in [9.17, 15) is 0 Å². The molecular formula is C10H15ClN2. The topological polar surface area (TPSA) is 15.6 Å². The molecule has 3 heteroatoms. The first-order valence-corrected chi connectivity index (χ1v) is 5.03. The Morgan fingerprint density at radius 2 is 2.23 bits per heavy atom. The lowest BCUT2D eigenvalue weighted by molar-refractivity contribution is 0.473. The van der Waals surface area contributed by atoms with E-state index in [1.807, 2.05) is 32.2 Å². The van der Waals surface area contributed by atoms with E-state index in [1.165, 1.54) is 0 Å². The third kappa shape index (κ3) is 2.13. The van der Waals surface area contributed by atoms with Crippen LogP contribution in [-0.2, 0) is 0 Å². The predicted molar refractivity (Wildman–Crippen MR) is 58.0 cm³/mol. The van der Waals surface area contributed by atoms with E-state index in [2.05, 4.69) is 16.8 Å². The minimum atomic E-state index is 0.488. The van der Waals surface area contributed by atoms with Crippen LogP contribution in [0.4, 0.5) is 0 Å². The Bertz CT molecular complexity index is 266. The summed E-state index contributed by atoms with van der Waals surface area (Å²) in [5.41, 5.74) is 0. The second-order valence-corrected chi connectivity index (χ2v) is 3.24. The van der Waals surface area contributed by atoms with Crippen molar-refractivity contribution in [3.05, 3.63) is 23.4 Å². The van der Waals surface area contributed by atoms with Crippen LogP contribution in [0.5, 0.6) is 0 Å². The highest BCUT2D eigenvalue weighted by Crippen LogP contribution is 2.19. The lowest BCUT2D eigenvalue weighted by Gasteiger charge is -2.21. The first kappa shape index (κ1) is 10.3. The summed E-state index contributed by atoms with van der Waals surface area (Å²) in [6.07, 6.45) is 5.77. The van der Waals surface area contributed by atoms with Crippen LogP contribution in [0.15, 0.2) is 28.4 Å². The number of rotatable bonds is 0. The van der Waals surface area contributed by atoms with Crippen molar-refractivity contribution in [2.75, 3.05) is 6.54 Å². The molecule has 0 aromatic heterocycles. The average molecular weight is 199 g/mol. The summed E-state index contributed by atoms with van der Waals surface area (Å²) >= 11 is 5.80. The highest BCUT2D eigenvalue weighted by atomic mass is 35.5. The van der Waals surface area contributed by atoms with E-state index < -0.39 is 0 Å². The molecule has 0 aromatic rings. The zero-order valence-electron chi connectivity index (χ0n) is 8.29. The monoisotopic (exact) mass is 198 g/mol. The van der Waals surface area contributed by atoms with Crippen LogP contribution in [0.3, 0.4) is 0 Å². The van der Waals surface area contributed by atoms with Crippen LogP contribution in [0, 0.1) is 0 Å². The van der Waals surface area contributed by atoms with Crippen LogP contribution in [0.1, 0.15) is 20.8 Å². The maximum atomic E-state index is 5.80. The van der Waals surface area contributed by atoms with E-state index in [0.717, 1.165) is 17.4 Å². The van der Waals surface area contributed by atoms with E-state index in [-0.39, 0.29) is 0 Å². The SMILES string of the molecule is CC.CC1CN=C2C=C(Cl)C=CN21. The lowest BCUT2D eigenvalue weighted by Crippen LogP contribution is -2.29. The number of amidine groups is 1. The number of fused-ring (bicyclic) bond motifs is 1. The Labute approximate surface area is 84.6 Å². The molecule has 0 saturated carbocycles. The van der Waals surface area contributed by atoms with Crippen molar-refractivity contribution in [2.24, 2.45) is 4.99 Å².